The van der Waals surface area contributed by atoms with Gasteiger partial charge in [-0.3, -0.25) is 9.69 Å². The molecule has 4 heteroatoms. The van der Waals surface area contributed by atoms with Gasteiger partial charge in [0.25, 0.3) is 5.91 Å². The molecular weight excluding hydrogens is 216 g/mol. The molecule has 90 valence electrons. The number of amides is 1. The number of carbonyl (C=O) groups is 1. The number of ether oxygens (including phenoxy) is 1. The largest absolute Gasteiger partial charge is 0.474 e. The fraction of sp³-hybridized carbons (Fsp3) is 0.538. The fourth-order valence-electron chi connectivity index (χ4n) is 2.13. The molecule has 1 aliphatic carbocycles. The molecule has 1 aliphatic heterocycles. The molecule has 2 aliphatic rings. The Labute approximate surface area is 101 Å². The van der Waals surface area contributed by atoms with E-state index in [9.17, 15) is 4.79 Å². The highest BCUT2D eigenvalue weighted by Gasteiger charge is 2.43. The summed E-state index contributed by atoms with van der Waals surface area (Å²) >= 11 is 0. The Kier molecular flexibility index (Phi) is 2.15. The van der Waals surface area contributed by atoms with Crippen LogP contribution in [0.4, 0.5) is 5.82 Å². The number of hydrogen-bond donors (Lipinski definition) is 0. The van der Waals surface area contributed by atoms with Crippen LogP contribution in [0.3, 0.4) is 0 Å². The second-order valence-electron chi connectivity index (χ2n) is 5.30. The van der Waals surface area contributed by atoms with Crippen LogP contribution in [0.5, 0.6) is 5.75 Å². The van der Waals surface area contributed by atoms with E-state index >= 15 is 0 Å². The summed E-state index contributed by atoms with van der Waals surface area (Å²) in [4.78, 5) is 18.4. The molecule has 0 radical (unpaired) electrons. The van der Waals surface area contributed by atoms with Crippen molar-refractivity contribution < 1.29 is 9.53 Å². The van der Waals surface area contributed by atoms with E-state index in [0.29, 0.717) is 17.5 Å². The Morgan fingerprint density at radius 3 is 3.00 bits per heavy atom. The van der Waals surface area contributed by atoms with Crippen molar-refractivity contribution in [2.75, 3.05) is 11.4 Å². The summed E-state index contributed by atoms with van der Waals surface area (Å²) in [7, 11) is 0. The summed E-state index contributed by atoms with van der Waals surface area (Å²) in [5, 5.41) is 0. The SMILES string of the molecule is CC1(C)Oc2cccnc2N(CC2CC2)C1=O. The van der Waals surface area contributed by atoms with Crippen molar-refractivity contribution in [2.45, 2.75) is 32.3 Å². The van der Waals surface area contributed by atoms with Gasteiger partial charge in [-0.15, -0.1) is 0 Å². The number of anilines is 1. The lowest BCUT2D eigenvalue weighted by Gasteiger charge is -2.37. The highest BCUT2D eigenvalue weighted by molar-refractivity contribution is 6.01. The minimum Gasteiger partial charge on any atom is -0.474 e. The van der Waals surface area contributed by atoms with Crippen LogP contribution in [-0.2, 0) is 4.79 Å². The van der Waals surface area contributed by atoms with Crippen LogP contribution < -0.4 is 9.64 Å². The Morgan fingerprint density at radius 1 is 1.53 bits per heavy atom. The third-order valence-electron chi connectivity index (χ3n) is 3.27. The predicted octanol–water partition coefficient (Wildman–Crippen LogP) is 2.00. The van der Waals surface area contributed by atoms with Gasteiger partial charge in [0.05, 0.1) is 0 Å². The van der Waals surface area contributed by atoms with E-state index in [2.05, 4.69) is 4.98 Å². The van der Waals surface area contributed by atoms with Gasteiger partial charge in [0.15, 0.2) is 17.2 Å². The number of pyridine rings is 1. The lowest BCUT2D eigenvalue weighted by molar-refractivity contribution is -0.132. The predicted molar refractivity (Wildman–Crippen MR) is 64.0 cm³/mol. The maximum absolute atomic E-state index is 12.3. The molecule has 0 bridgehead atoms. The highest BCUT2D eigenvalue weighted by Crippen LogP contribution is 2.39. The van der Waals surface area contributed by atoms with Crippen LogP contribution in [-0.4, -0.2) is 23.0 Å². The standard InChI is InChI=1S/C13H16N2O2/c1-13(2)12(16)15(8-9-5-6-9)11-10(17-13)4-3-7-14-11/h3-4,7,9H,5-6,8H2,1-2H3. The second kappa shape index (κ2) is 3.45. The second-order valence-corrected chi connectivity index (χ2v) is 5.30. The maximum atomic E-state index is 12.3. The van der Waals surface area contributed by atoms with E-state index in [1.54, 1.807) is 11.1 Å². The molecule has 1 aromatic rings. The normalized spacial score (nSPS) is 22.0. The molecule has 0 unspecified atom stereocenters. The lowest BCUT2D eigenvalue weighted by atomic mass is 10.1. The molecule has 0 spiro atoms. The molecule has 3 rings (SSSR count). The molecular formula is C13H16N2O2. The maximum Gasteiger partial charge on any atom is 0.271 e. The average molecular weight is 232 g/mol. The summed E-state index contributed by atoms with van der Waals surface area (Å²) < 4.78 is 5.71. The topological polar surface area (TPSA) is 42.4 Å². The molecule has 2 heterocycles. The molecule has 0 atom stereocenters. The monoisotopic (exact) mass is 232 g/mol. The summed E-state index contributed by atoms with van der Waals surface area (Å²) in [6.07, 6.45) is 4.13. The quantitative estimate of drug-likeness (QED) is 0.783. The number of aromatic nitrogens is 1. The van der Waals surface area contributed by atoms with E-state index in [1.165, 1.54) is 12.8 Å². The third kappa shape index (κ3) is 1.77. The first-order valence-electron chi connectivity index (χ1n) is 6.04. The first-order valence-corrected chi connectivity index (χ1v) is 6.04. The molecule has 1 fully saturated rings. The van der Waals surface area contributed by atoms with Gasteiger partial charge in [-0.1, -0.05) is 0 Å². The number of nitrogens with zero attached hydrogens (tertiary/aromatic N) is 2. The first kappa shape index (κ1) is 10.6. The van der Waals surface area contributed by atoms with E-state index in [4.69, 9.17) is 4.74 Å². The molecule has 1 amide bonds. The van der Waals surface area contributed by atoms with Crippen LogP contribution >= 0.6 is 0 Å². The van der Waals surface area contributed by atoms with Crippen molar-refractivity contribution in [1.29, 1.82) is 0 Å². The summed E-state index contributed by atoms with van der Waals surface area (Å²) in [5.74, 6) is 2.03. The minimum absolute atomic E-state index is 0.00981. The Morgan fingerprint density at radius 2 is 2.29 bits per heavy atom. The summed E-state index contributed by atoms with van der Waals surface area (Å²) in [6, 6.07) is 3.70. The Bertz CT molecular complexity index is 466. The van der Waals surface area contributed by atoms with Gasteiger partial charge in [-0.05, 0) is 44.7 Å². The average Bonchev–Trinajstić information content (AvgIpc) is 3.08. The molecule has 17 heavy (non-hydrogen) atoms. The van der Waals surface area contributed by atoms with Crippen molar-refractivity contribution in [2.24, 2.45) is 5.92 Å². The van der Waals surface area contributed by atoms with Crippen LogP contribution in [0.15, 0.2) is 18.3 Å². The van der Waals surface area contributed by atoms with E-state index < -0.39 is 5.60 Å². The zero-order chi connectivity index (χ0) is 12.0. The van der Waals surface area contributed by atoms with Gasteiger partial charge in [0.1, 0.15) is 0 Å². The van der Waals surface area contributed by atoms with Gasteiger partial charge in [-0.25, -0.2) is 4.98 Å². The molecule has 4 nitrogen and oxygen atoms in total. The number of fused-ring (bicyclic) bond motifs is 1. The van der Waals surface area contributed by atoms with Gasteiger partial charge < -0.3 is 4.74 Å². The van der Waals surface area contributed by atoms with Gasteiger partial charge in [0.2, 0.25) is 0 Å². The molecule has 0 N–H and O–H groups in total. The van der Waals surface area contributed by atoms with Crippen molar-refractivity contribution in [3.63, 3.8) is 0 Å². The fourth-order valence-corrected chi connectivity index (χ4v) is 2.13. The van der Waals surface area contributed by atoms with Gasteiger partial charge in [0, 0.05) is 12.7 Å². The van der Waals surface area contributed by atoms with Crippen molar-refractivity contribution in [3.8, 4) is 5.75 Å². The van der Waals surface area contributed by atoms with Crippen molar-refractivity contribution in [3.05, 3.63) is 18.3 Å². The van der Waals surface area contributed by atoms with Gasteiger partial charge in [-0.2, -0.15) is 0 Å². The van der Waals surface area contributed by atoms with Crippen LogP contribution in [0.2, 0.25) is 0 Å². The Hall–Kier alpha value is -1.58. The van der Waals surface area contributed by atoms with Crippen LogP contribution in [0.25, 0.3) is 0 Å². The number of rotatable bonds is 2. The smallest absolute Gasteiger partial charge is 0.271 e. The van der Waals surface area contributed by atoms with E-state index in [0.717, 1.165) is 6.54 Å². The molecule has 0 aromatic carbocycles. The van der Waals surface area contributed by atoms with Crippen LogP contribution in [0.1, 0.15) is 26.7 Å². The zero-order valence-electron chi connectivity index (χ0n) is 10.1. The van der Waals surface area contributed by atoms with Crippen molar-refractivity contribution >= 4 is 11.7 Å². The molecule has 1 saturated carbocycles. The molecule has 0 saturated heterocycles. The van der Waals surface area contributed by atoms with Gasteiger partial charge >= 0.3 is 0 Å². The van der Waals surface area contributed by atoms with E-state index in [-0.39, 0.29) is 5.91 Å². The first-order chi connectivity index (χ1) is 8.08. The third-order valence-corrected chi connectivity index (χ3v) is 3.27. The number of hydrogen-bond acceptors (Lipinski definition) is 3. The minimum atomic E-state index is -0.787. The summed E-state index contributed by atoms with van der Waals surface area (Å²) in [6.45, 7) is 4.39. The Balaban J connectivity index is 2.01. The zero-order valence-corrected chi connectivity index (χ0v) is 10.1. The number of carbonyl (C=O) groups excluding carboxylic acids is 1. The molecule has 1 aromatic heterocycles. The van der Waals surface area contributed by atoms with Crippen LogP contribution in [0, 0.1) is 5.92 Å². The summed E-state index contributed by atoms with van der Waals surface area (Å²) in [5.41, 5.74) is -0.787. The van der Waals surface area contributed by atoms with Crippen molar-refractivity contribution in [1.82, 2.24) is 4.98 Å². The lowest BCUT2D eigenvalue weighted by Crippen LogP contribution is -2.53. The highest BCUT2D eigenvalue weighted by atomic mass is 16.5. The van der Waals surface area contributed by atoms with E-state index in [1.807, 2.05) is 26.0 Å².